The number of nitrogens with one attached hydrogen (secondary N) is 2. The second-order valence-electron chi connectivity index (χ2n) is 14.1. The molecule has 0 unspecified atom stereocenters. The maximum Gasteiger partial charge on any atom is 0.270 e. The third-order valence-corrected chi connectivity index (χ3v) is 10.5. The van der Waals surface area contributed by atoms with Gasteiger partial charge in [0.25, 0.3) is 5.91 Å². The van der Waals surface area contributed by atoms with E-state index in [4.69, 9.17) is 0 Å². The van der Waals surface area contributed by atoms with Gasteiger partial charge in [-0.15, -0.1) is 0 Å². The topological polar surface area (TPSA) is 152 Å². The number of ketones is 2. The van der Waals surface area contributed by atoms with E-state index in [1.54, 1.807) is 40.1 Å². The van der Waals surface area contributed by atoms with Crippen LogP contribution in [-0.4, -0.2) is 97.9 Å². The highest BCUT2D eigenvalue weighted by Gasteiger charge is 2.34. The van der Waals surface area contributed by atoms with E-state index in [0.29, 0.717) is 49.7 Å². The lowest BCUT2D eigenvalue weighted by Crippen LogP contribution is -2.55. The smallest absolute Gasteiger partial charge is 0.270 e. The van der Waals surface area contributed by atoms with Gasteiger partial charge in [0.2, 0.25) is 11.8 Å². The Morgan fingerprint density at radius 1 is 0.943 bits per heavy atom. The molecule has 2 aromatic heterocycles. The molecule has 2 atom stereocenters. The number of piperazine rings is 1. The number of hydrogen-bond donors (Lipinski definition) is 2. The minimum absolute atomic E-state index is 0.00205. The van der Waals surface area contributed by atoms with Gasteiger partial charge in [0, 0.05) is 64.1 Å². The molecule has 2 aliphatic carbocycles. The van der Waals surface area contributed by atoms with Crippen molar-refractivity contribution in [3.05, 3.63) is 83.7 Å². The van der Waals surface area contributed by atoms with Crippen LogP contribution < -0.4 is 10.6 Å². The van der Waals surface area contributed by atoms with Crippen molar-refractivity contribution in [2.45, 2.75) is 70.9 Å². The molecule has 3 aliphatic rings. The molecule has 0 radical (unpaired) electrons. The van der Waals surface area contributed by atoms with Crippen molar-refractivity contribution in [2.24, 2.45) is 11.8 Å². The molecule has 3 aromatic rings. The molecule has 2 N–H and O–H groups in total. The van der Waals surface area contributed by atoms with Gasteiger partial charge in [-0.05, 0) is 74.7 Å². The summed E-state index contributed by atoms with van der Waals surface area (Å²) in [5.74, 6) is -2.78. The summed E-state index contributed by atoms with van der Waals surface area (Å²) in [6.07, 6.45) is 12.6. The number of aryl methyl sites for hydroxylation is 1. The number of halogens is 1. The first-order valence-corrected chi connectivity index (χ1v) is 18.5. The number of amides is 3. The molecular formula is C39H47FN8O5. The van der Waals surface area contributed by atoms with Gasteiger partial charge in [0.05, 0.1) is 17.6 Å². The van der Waals surface area contributed by atoms with Gasteiger partial charge >= 0.3 is 0 Å². The van der Waals surface area contributed by atoms with Crippen LogP contribution in [0.5, 0.6) is 0 Å². The Kier molecular flexibility index (Phi) is 12.1. The molecular weight excluding hydrogens is 679 g/mol. The average Bonchev–Trinajstić information content (AvgIpc) is 3.86. The maximum atomic E-state index is 15.8. The zero-order valence-corrected chi connectivity index (χ0v) is 30.3. The highest BCUT2D eigenvalue weighted by Crippen LogP contribution is 2.34. The SMILES string of the molecule is CCn1nccc1C(=O)C[C@H](C(=O)Nc1ccc(C[C@@H](NC(=O)c2ccnn2C2=CCC(=O)C=C2)C(=O)N2CCN(C)CC2)cc1F)C1CCCCC1. The normalized spacial score (nSPS) is 18.0. The van der Waals surface area contributed by atoms with Crippen LogP contribution in [0.15, 0.2) is 61.0 Å². The number of likely N-dealkylation sites (N-methyl/N-ethyl adjacent to an activating group) is 1. The van der Waals surface area contributed by atoms with Crippen LogP contribution in [0.4, 0.5) is 10.1 Å². The van der Waals surface area contributed by atoms with Crippen LogP contribution in [-0.2, 0) is 27.3 Å². The van der Waals surface area contributed by atoms with Gasteiger partial charge in [0.15, 0.2) is 11.6 Å². The number of carbonyl (C=O) groups is 5. The standard InChI is InChI=1S/C39H47FN8O5/c1-3-47-34(15-17-41-47)36(50)25-30(27-7-5-4-6-8-27)37(51)43-32-14-9-26(23-31(32)40)24-33(39(53)46-21-19-45(2)20-22-46)44-38(52)35-16-18-42-48(35)28-10-12-29(49)13-11-28/h9-12,14-18,23,27,30,33H,3-8,13,19-22,24-25H2,1-2H3,(H,43,51)(H,44,52)/t30-,33+/m0/s1. The number of allylic oxidation sites excluding steroid dienone is 4. The molecule has 3 amide bonds. The number of rotatable bonds is 13. The predicted molar refractivity (Wildman–Crippen MR) is 196 cm³/mol. The quantitative estimate of drug-likeness (QED) is 0.250. The van der Waals surface area contributed by atoms with Gasteiger partial charge in [-0.3, -0.25) is 28.7 Å². The molecule has 280 valence electrons. The van der Waals surface area contributed by atoms with E-state index in [0.717, 1.165) is 32.1 Å². The number of aromatic nitrogens is 4. The monoisotopic (exact) mass is 726 g/mol. The van der Waals surface area contributed by atoms with Crippen molar-refractivity contribution in [1.29, 1.82) is 0 Å². The fourth-order valence-electron chi connectivity index (χ4n) is 7.42. The second kappa shape index (κ2) is 17.1. The molecule has 13 nitrogen and oxygen atoms in total. The minimum atomic E-state index is -1.02. The van der Waals surface area contributed by atoms with Crippen molar-refractivity contribution in [3.63, 3.8) is 0 Å². The largest absolute Gasteiger partial charge is 0.339 e. The predicted octanol–water partition coefficient (Wildman–Crippen LogP) is 4.13. The van der Waals surface area contributed by atoms with E-state index in [9.17, 15) is 24.0 Å². The lowest BCUT2D eigenvalue weighted by Gasteiger charge is -2.35. The number of Topliss-reactive ketones (excluding diaryl/α,β-unsaturated/α-hetero) is 1. The van der Waals surface area contributed by atoms with Crippen LogP contribution in [0.1, 0.15) is 78.4 Å². The van der Waals surface area contributed by atoms with E-state index in [1.807, 2.05) is 14.0 Å². The number of hydrogen-bond acceptors (Lipinski definition) is 8. The molecule has 0 bridgehead atoms. The van der Waals surface area contributed by atoms with Crippen LogP contribution in [0, 0.1) is 17.7 Å². The third-order valence-electron chi connectivity index (χ3n) is 10.5. The summed E-state index contributed by atoms with van der Waals surface area (Å²) in [4.78, 5) is 70.2. The van der Waals surface area contributed by atoms with Crippen LogP contribution in [0.3, 0.4) is 0 Å². The fraction of sp³-hybridized carbons (Fsp3) is 0.462. The van der Waals surface area contributed by atoms with Crippen molar-refractivity contribution < 1.29 is 28.4 Å². The van der Waals surface area contributed by atoms with E-state index in [2.05, 4.69) is 25.7 Å². The molecule has 2 fully saturated rings. The average molecular weight is 727 g/mol. The Labute approximate surface area is 308 Å². The molecule has 1 aliphatic heterocycles. The maximum absolute atomic E-state index is 15.8. The van der Waals surface area contributed by atoms with Gasteiger partial charge < -0.3 is 20.4 Å². The van der Waals surface area contributed by atoms with Crippen LogP contribution >= 0.6 is 0 Å². The number of nitrogens with zero attached hydrogens (tertiary/aromatic N) is 6. The first-order valence-electron chi connectivity index (χ1n) is 18.5. The lowest BCUT2D eigenvalue weighted by molar-refractivity contribution is -0.134. The molecule has 1 aromatic carbocycles. The fourth-order valence-corrected chi connectivity index (χ4v) is 7.42. The number of anilines is 1. The summed E-state index contributed by atoms with van der Waals surface area (Å²) in [6.45, 7) is 4.75. The molecule has 14 heteroatoms. The van der Waals surface area contributed by atoms with Gasteiger partial charge in [-0.1, -0.05) is 31.4 Å². The molecule has 0 spiro atoms. The molecule has 53 heavy (non-hydrogen) atoms. The Hall–Kier alpha value is -5.24. The van der Waals surface area contributed by atoms with Crippen LogP contribution in [0.25, 0.3) is 5.70 Å². The molecule has 6 rings (SSSR count). The summed E-state index contributed by atoms with van der Waals surface area (Å²) in [5, 5.41) is 14.1. The second-order valence-corrected chi connectivity index (χ2v) is 14.1. The molecule has 1 saturated carbocycles. The van der Waals surface area contributed by atoms with Gasteiger partial charge in [-0.25, -0.2) is 9.07 Å². The van der Waals surface area contributed by atoms with Crippen molar-refractivity contribution in [3.8, 4) is 0 Å². The first kappa shape index (κ1) is 37.5. The van der Waals surface area contributed by atoms with Crippen molar-refractivity contribution >= 4 is 40.7 Å². The van der Waals surface area contributed by atoms with E-state index >= 15 is 4.39 Å². The van der Waals surface area contributed by atoms with E-state index in [-0.39, 0.29) is 54.0 Å². The highest BCUT2D eigenvalue weighted by molar-refractivity contribution is 6.01. The number of carbonyl (C=O) groups excluding carboxylic acids is 5. The van der Waals surface area contributed by atoms with Gasteiger partial charge in [-0.2, -0.15) is 10.2 Å². The number of benzene rings is 1. The summed E-state index contributed by atoms with van der Waals surface area (Å²) in [5.41, 5.74) is 1.62. The van der Waals surface area contributed by atoms with Gasteiger partial charge in [0.1, 0.15) is 23.2 Å². The molecule has 1 saturated heterocycles. The molecule has 3 heterocycles. The van der Waals surface area contributed by atoms with E-state index in [1.165, 1.54) is 35.2 Å². The lowest BCUT2D eigenvalue weighted by atomic mass is 9.77. The summed E-state index contributed by atoms with van der Waals surface area (Å²) < 4.78 is 18.8. The third kappa shape index (κ3) is 9.05. The zero-order valence-electron chi connectivity index (χ0n) is 30.3. The summed E-state index contributed by atoms with van der Waals surface area (Å²) >= 11 is 0. The van der Waals surface area contributed by atoms with Crippen molar-refractivity contribution in [2.75, 3.05) is 38.5 Å². The Balaban J connectivity index is 1.19. The minimum Gasteiger partial charge on any atom is -0.339 e. The summed E-state index contributed by atoms with van der Waals surface area (Å²) in [6, 6.07) is 6.53. The Morgan fingerprint density at radius 3 is 2.38 bits per heavy atom. The van der Waals surface area contributed by atoms with E-state index < -0.39 is 29.6 Å². The first-order chi connectivity index (χ1) is 25.6. The van der Waals surface area contributed by atoms with Crippen LogP contribution in [0.2, 0.25) is 0 Å². The summed E-state index contributed by atoms with van der Waals surface area (Å²) in [7, 11) is 1.98. The van der Waals surface area contributed by atoms with Crippen molar-refractivity contribution in [1.82, 2.24) is 34.7 Å². The Bertz CT molecular complexity index is 1900. The Morgan fingerprint density at radius 2 is 1.68 bits per heavy atom. The zero-order chi connectivity index (χ0) is 37.5. The highest BCUT2D eigenvalue weighted by atomic mass is 19.1.